The maximum Gasteiger partial charge on any atom is 0.255 e. The van der Waals surface area contributed by atoms with Gasteiger partial charge in [-0.25, -0.2) is 9.97 Å². The first kappa shape index (κ1) is 21.1. The average Bonchev–Trinajstić information content (AvgIpc) is 3.26. The third-order valence-electron chi connectivity index (χ3n) is 5.96. The number of hydrogen-bond donors (Lipinski definition) is 3. The molecule has 0 fully saturated rings. The summed E-state index contributed by atoms with van der Waals surface area (Å²) in [4.78, 5) is 21.9. The van der Waals surface area contributed by atoms with Crippen molar-refractivity contribution in [2.24, 2.45) is 0 Å². The van der Waals surface area contributed by atoms with E-state index >= 15 is 0 Å². The van der Waals surface area contributed by atoms with Gasteiger partial charge in [-0.3, -0.25) is 9.48 Å². The summed E-state index contributed by atoms with van der Waals surface area (Å²) in [6, 6.07) is 13.8. The van der Waals surface area contributed by atoms with E-state index in [4.69, 9.17) is 0 Å². The van der Waals surface area contributed by atoms with E-state index in [0.717, 1.165) is 42.8 Å². The van der Waals surface area contributed by atoms with Gasteiger partial charge in [0.1, 0.15) is 11.3 Å². The molecule has 1 aliphatic rings. The maximum absolute atomic E-state index is 12.9. The fourth-order valence-electron chi connectivity index (χ4n) is 4.09. The topological polar surface area (TPSA) is 96.8 Å². The van der Waals surface area contributed by atoms with Crippen molar-refractivity contribution in [3.63, 3.8) is 0 Å². The Bertz CT molecular complexity index is 1310. The molecule has 3 heterocycles. The zero-order chi connectivity index (χ0) is 22.8. The number of nitrogens with one attached hydrogen (secondary N) is 3. The van der Waals surface area contributed by atoms with Crippen molar-refractivity contribution >= 4 is 28.6 Å². The molecule has 1 aliphatic heterocycles. The highest BCUT2D eigenvalue weighted by atomic mass is 16.1. The summed E-state index contributed by atoms with van der Waals surface area (Å²) in [6.07, 6.45) is 4.56. The third kappa shape index (κ3) is 4.56. The molecule has 2 aromatic carbocycles. The second kappa shape index (κ2) is 8.99. The predicted octanol–water partition coefficient (Wildman–Crippen LogP) is 3.92. The SMILES string of the molecule is CCn1cc2ncc(N[C@@H](C)c3cccc(NC(=O)c4ccc5c(c4)CCNC5)c3)nc2n1. The lowest BCUT2D eigenvalue weighted by Crippen LogP contribution is -2.24. The Labute approximate surface area is 192 Å². The molecule has 1 amide bonds. The van der Waals surface area contributed by atoms with E-state index in [9.17, 15) is 4.79 Å². The Kier molecular flexibility index (Phi) is 5.75. The molecule has 33 heavy (non-hydrogen) atoms. The highest BCUT2D eigenvalue weighted by Crippen LogP contribution is 2.23. The Hall–Kier alpha value is -3.78. The van der Waals surface area contributed by atoms with Gasteiger partial charge in [0.05, 0.1) is 18.4 Å². The molecule has 8 nitrogen and oxygen atoms in total. The number of carbonyl (C=O) groups excluding carboxylic acids is 1. The zero-order valence-corrected chi connectivity index (χ0v) is 18.8. The van der Waals surface area contributed by atoms with Gasteiger partial charge in [0.2, 0.25) is 5.65 Å². The molecular weight excluding hydrogens is 414 g/mol. The van der Waals surface area contributed by atoms with Gasteiger partial charge in [-0.15, -0.1) is 0 Å². The van der Waals surface area contributed by atoms with Crippen LogP contribution < -0.4 is 16.0 Å². The van der Waals surface area contributed by atoms with E-state index in [2.05, 4.69) is 37.9 Å². The minimum absolute atomic E-state index is 0.0295. The van der Waals surface area contributed by atoms with E-state index < -0.39 is 0 Å². The van der Waals surface area contributed by atoms with Crippen molar-refractivity contribution in [1.29, 1.82) is 0 Å². The van der Waals surface area contributed by atoms with Gasteiger partial charge in [-0.1, -0.05) is 18.2 Å². The molecule has 8 heteroatoms. The van der Waals surface area contributed by atoms with E-state index in [1.54, 1.807) is 6.20 Å². The third-order valence-corrected chi connectivity index (χ3v) is 5.96. The quantitative estimate of drug-likeness (QED) is 0.420. The van der Waals surface area contributed by atoms with Crippen molar-refractivity contribution < 1.29 is 4.79 Å². The van der Waals surface area contributed by atoms with E-state index in [1.807, 2.05) is 60.3 Å². The Morgan fingerprint density at radius 1 is 1.21 bits per heavy atom. The molecule has 168 valence electrons. The van der Waals surface area contributed by atoms with Crippen LogP contribution in [0.15, 0.2) is 54.9 Å². The summed E-state index contributed by atoms with van der Waals surface area (Å²) in [5, 5.41) is 14.2. The molecule has 0 bridgehead atoms. The van der Waals surface area contributed by atoms with Gasteiger partial charge in [0.15, 0.2) is 0 Å². The van der Waals surface area contributed by atoms with Crippen LogP contribution >= 0.6 is 0 Å². The second-order valence-corrected chi connectivity index (χ2v) is 8.30. The van der Waals surface area contributed by atoms with Crippen LogP contribution in [-0.4, -0.2) is 32.2 Å². The fraction of sp³-hybridized carbons (Fsp3) is 0.280. The number of amides is 1. The van der Waals surface area contributed by atoms with Gasteiger partial charge in [0.25, 0.3) is 5.91 Å². The van der Waals surface area contributed by atoms with Crippen molar-refractivity contribution in [3.8, 4) is 0 Å². The van der Waals surface area contributed by atoms with Crippen LogP contribution in [0.2, 0.25) is 0 Å². The highest BCUT2D eigenvalue weighted by molar-refractivity contribution is 6.04. The molecule has 0 unspecified atom stereocenters. The molecule has 0 saturated heterocycles. The first-order valence-corrected chi connectivity index (χ1v) is 11.3. The van der Waals surface area contributed by atoms with Gasteiger partial charge in [0, 0.05) is 24.3 Å². The monoisotopic (exact) mass is 441 g/mol. The molecule has 0 aliphatic carbocycles. The number of hydrogen-bond acceptors (Lipinski definition) is 6. The van der Waals surface area contributed by atoms with Crippen LogP contribution in [0.1, 0.15) is 46.9 Å². The molecule has 5 rings (SSSR count). The minimum atomic E-state index is -0.100. The largest absolute Gasteiger partial charge is 0.362 e. The summed E-state index contributed by atoms with van der Waals surface area (Å²) in [6.45, 7) is 6.67. The van der Waals surface area contributed by atoms with E-state index in [-0.39, 0.29) is 11.9 Å². The standard InChI is InChI=1S/C25H27N7O/c1-3-32-15-22-24(31-32)30-23(14-27-22)28-16(2)17-5-4-6-21(12-17)29-25(33)19-7-8-20-13-26-10-9-18(20)11-19/h4-8,11-12,14-16,26H,3,9-10,13H2,1-2H3,(H,29,33)(H,28,30,31)/t16-/m0/s1. The number of carbonyl (C=O) groups is 1. The number of fused-ring (bicyclic) bond motifs is 2. The van der Waals surface area contributed by atoms with Crippen LogP contribution in [0.3, 0.4) is 0 Å². The predicted molar refractivity (Wildman–Crippen MR) is 129 cm³/mol. The summed E-state index contributed by atoms with van der Waals surface area (Å²) in [7, 11) is 0. The first-order chi connectivity index (χ1) is 16.1. The summed E-state index contributed by atoms with van der Waals surface area (Å²) >= 11 is 0. The lowest BCUT2D eigenvalue weighted by atomic mass is 9.98. The van der Waals surface area contributed by atoms with E-state index in [1.165, 1.54) is 11.1 Å². The van der Waals surface area contributed by atoms with Crippen molar-refractivity contribution in [3.05, 3.63) is 77.1 Å². The number of anilines is 2. The minimum Gasteiger partial charge on any atom is -0.362 e. The van der Waals surface area contributed by atoms with Crippen LogP contribution in [-0.2, 0) is 19.5 Å². The number of benzene rings is 2. The van der Waals surface area contributed by atoms with Gasteiger partial charge in [-0.05, 0) is 67.8 Å². The molecular formula is C25H27N7O. The lowest BCUT2D eigenvalue weighted by molar-refractivity contribution is 0.102. The van der Waals surface area contributed by atoms with Crippen molar-refractivity contribution in [2.45, 2.75) is 39.4 Å². The number of aryl methyl sites for hydroxylation is 1. The van der Waals surface area contributed by atoms with Gasteiger partial charge < -0.3 is 16.0 Å². The van der Waals surface area contributed by atoms with Crippen LogP contribution in [0.4, 0.5) is 11.5 Å². The number of rotatable bonds is 6. The summed E-state index contributed by atoms with van der Waals surface area (Å²) in [5.41, 5.74) is 6.38. The first-order valence-electron chi connectivity index (χ1n) is 11.3. The number of aromatic nitrogens is 4. The Morgan fingerprint density at radius 2 is 2.12 bits per heavy atom. The molecule has 0 saturated carbocycles. The molecule has 2 aromatic heterocycles. The van der Waals surface area contributed by atoms with Gasteiger partial charge >= 0.3 is 0 Å². The summed E-state index contributed by atoms with van der Waals surface area (Å²) < 4.78 is 1.82. The van der Waals surface area contributed by atoms with Crippen molar-refractivity contribution in [1.82, 2.24) is 25.1 Å². The molecule has 3 N–H and O–H groups in total. The molecule has 0 radical (unpaired) electrons. The van der Waals surface area contributed by atoms with Crippen LogP contribution in [0, 0.1) is 0 Å². The van der Waals surface area contributed by atoms with Crippen molar-refractivity contribution in [2.75, 3.05) is 17.2 Å². The van der Waals surface area contributed by atoms with Crippen LogP contribution in [0.5, 0.6) is 0 Å². The van der Waals surface area contributed by atoms with Gasteiger partial charge in [-0.2, -0.15) is 5.10 Å². The van der Waals surface area contributed by atoms with E-state index in [0.29, 0.717) is 17.0 Å². The maximum atomic E-state index is 12.9. The Morgan fingerprint density at radius 3 is 3.00 bits per heavy atom. The average molecular weight is 442 g/mol. The Balaban J connectivity index is 1.29. The fourth-order valence-corrected chi connectivity index (χ4v) is 4.09. The molecule has 4 aromatic rings. The summed E-state index contributed by atoms with van der Waals surface area (Å²) in [5.74, 6) is 0.561. The molecule has 0 spiro atoms. The number of nitrogens with zero attached hydrogens (tertiary/aromatic N) is 4. The smallest absolute Gasteiger partial charge is 0.255 e. The van der Waals surface area contributed by atoms with Crippen LogP contribution in [0.25, 0.3) is 11.2 Å². The second-order valence-electron chi connectivity index (χ2n) is 8.30. The lowest BCUT2D eigenvalue weighted by Gasteiger charge is -2.18. The zero-order valence-electron chi connectivity index (χ0n) is 18.8. The molecule has 1 atom stereocenters. The normalized spacial score (nSPS) is 14.0. The highest BCUT2D eigenvalue weighted by Gasteiger charge is 2.14.